The van der Waals surface area contributed by atoms with Crippen LogP contribution in [0.25, 0.3) is 28.2 Å². The average Bonchev–Trinajstić information content (AvgIpc) is 3.53. The Hall–Kier alpha value is -3.67. The molecule has 0 saturated heterocycles. The maximum absolute atomic E-state index is 12.4. The van der Waals surface area contributed by atoms with Gasteiger partial charge in [-0.25, -0.2) is 9.97 Å². The standard InChI is InChI=1S/C27H29N5O/c1-17(2)14-28-25-26-29-15-24(19-8-10-20(11-9-19)27(33)30-21-12-13-21)32(26)16-23(31-25)22-7-5-4-6-18(22)3/h4-11,15-17,21H,12-14H2,1-3H3,(H,28,31)(H,30,33). The Balaban J connectivity index is 1.56. The molecule has 0 radical (unpaired) electrons. The molecular weight excluding hydrogens is 410 g/mol. The third-order valence-electron chi connectivity index (χ3n) is 5.95. The van der Waals surface area contributed by atoms with Gasteiger partial charge in [-0.15, -0.1) is 0 Å². The minimum atomic E-state index is -0.00611. The van der Waals surface area contributed by atoms with Crippen molar-refractivity contribution in [1.29, 1.82) is 0 Å². The zero-order valence-electron chi connectivity index (χ0n) is 19.3. The summed E-state index contributed by atoms with van der Waals surface area (Å²) in [4.78, 5) is 22.0. The first-order chi connectivity index (χ1) is 16.0. The Morgan fingerprint density at radius 2 is 1.88 bits per heavy atom. The third-order valence-corrected chi connectivity index (χ3v) is 5.95. The highest BCUT2D eigenvalue weighted by atomic mass is 16.1. The number of benzene rings is 2. The smallest absolute Gasteiger partial charge is 0.251 e. The molecule has 1 fully saturated rings. The summed E-state index contributed by atoms with van der Waals surface area (Å²) in [5, 5.41) is 6.52. The highest BCUT2D eigenvalue weighted by Crippen LogP contribution is 2.29. The van der Waals surface area contributed by atoms with Gasteiger partial charge in [0.15, 0.2) is 11.5 Å². The number of carbonyl (C=O) groups is 1. The lowest BCUT2D eigenvalue weighted by Crippen LogP contribution is -2.25. The summed E-state index contributed by atoms with van der Waals surface area (Å²) in [5.74, 6) is 1.25. The van der Waals surface area contributed by atoms with E-state index in [9.17, 15) is 4.79 Å². The van der Waals surface area contributed by atoms with Crippen LogP contribution < -0.4 is 10.6 Å². The number of hydrogen-bond donors (Lipinski definition) is 2. The molecular formula is C27H29N5O. The first-order valence-electron chi connectivity index (χ1n) is 11.6. The van der Waals surface area contributed by atoms with Crippen LogP contribution in [0.15, 0.2) is 60.9 Å². The molecule has 33 heavy (non-hydrogen) atoms. The van der Waals surface area contributed by atoms with Crippen LogP contribution in [0.1, 0.15) is 42.6 Å². The second-order valence-corrected chi connectivity index (χ2v) is 9.23. The minimum Gasteiger partial charge on any atom is -0.367 e. The van der Waals surface area contributed by atoms with Crippen molar-refractivity contribution in [3.63, 3.8) is 0 Å². The van der Waals surface area contributed by atoms with Crippen LogP contribution >= 0.6 is 0 Å². The summed E-state index contributed by atoms with van der Waals surface area (Å²) in [6.07, 6.45) is 6.08. The zero-order valence-corrected chi connectivity index (χ0v) is 19.3. The second-order valence-electron chi connectivity index (χ2n) is 9.23. The molecule has 0 bridgehead atoms. The van der Waals surface area contributed by atoms with Crippen molar-refractivity contribution in [2.45, 2.75) is 39.7 Å². The molecule has 2 aromatic carbocycles. The van der Waals surface area contributed by atoms with Gasteiger partial charge in [0.2, 0.25) is 0 Å². The number of imidazole rings is 1. The summed E-state index contributed by atoms with van der Waals surface area (Å²) < 4.78 is 2.09. The van der Waals surface area contributed by atoms with Crippen LogP contribution in [0.4, 0.5) is 5.82 Å². The average molecular weight is 440 g/mol. The molecule has 168 valence electrons. The molecule has 0 spiro atoms. The molecule has 6 nitrogen and oxygen atoms in total. The van der Waals surface area contributed by atoms with Crippen LogP contribution in [-0.4, -0.2) is 32.9 Å². The minimum absolute atomic E-state index is 0.00611. The number of fused-ring (bicyclic) bond motifs is 1. The van der Waals surface area contributed by atoms with E-state index in [0.29, 0.717) is 17.5 Å². The number of nitrogens with one attached hydrogen (secondary N) is 2. The topological polar surface area (TPSA) is 71.3 Å². The molecule has 1 saturated carbocycles. The predicted molar refractivity (Wildman–Crippen MR) is 132 cm³/mol. The van der Waals surface area contributed by atoms with E-state index in [-0.39, 0.29) is 5.91 Å². The number of nitrogens with zero attached hydrogens (tertiary/aromatic N) is 3. The Labute approximate surface area is 194 Å². The summed E-state index contributed by atoms with van der Waals surface area (Å²) in [5.41, 5.74) is 6.60. The van der Waals surface area contributed by atoms with E-state index in [1.54, 1.807) is 0 Å². The van der Waals surface area contributed by atoms with Crippen molar-refractivity contribution in [2.75, 3.05) is 11.9 Å². The number of hydrogen-bond acceptors (Lipinski definition) is 4. The van der Waals surface area contributed by atoms with Gasteiger partial charge >= 0.3 is 0 Å². The Morgan fingerprint density at radius 1 is 1.12 bits per heavy atom. The van der Waals surface area contributed by atoms with Crippen molar-refractivity contribution in [3.05, 3.63) is 72.1 Å². The van der Waals surface area contributed by atoms with E-state index >= 15 is 0 Å². The van der Waals surface area contributed by atoms with Crippen LogP contribution in [0.3, 0.4) is 0 Å². The molecule has 1 aliphatic carbocycles. The number of carbonyl (C=O) groups excluding carboxylic acids is 1. The van der Waals surface area contributed by atoms with E-state index < -0.39 is 0 Å². The van der Waals surface area contributed by atoms with Crippen molar-refractivity contribution < 1.29 is 4.79 Å². The second kappa shape index (κ2) is 8.70. The lowest BCUT2D eigenvalue weighted by molar-refractivity contribution is 0.0951. The Bertz CT molecular complexity index is 1300. The maximum Gasteiger partial charge on any atom is 0.251 e. The highest BCUT2D eigenvalue weighted by molar-refractivity contribution is 5.95. The van der Waals surface area contributed by atoms with Crippen molar-refractivity contribution in [1.82, 2.24) is 19.7 Å². The van der Waals surface area contributed by atoms with Crippen LogP contribution in [0, 0.1) is 12.8 Å². The first kappa shape index (κ1) is 21.2. The van der Waals surface area contributed by atoms with Crippen LogP contribution in [0.2, 0.25) is 0 Å². The monoisotopic (exact) mass is 439 g/mol. The van der Waals surface area contributed by atoms with Gasteiger partial charge in [0.25, 0.3) is 5.91 Å². The summed E-state index contributed by atoms with van der Waals surface area (Å²) in [6.45, 7) is 7.26. The van der Waals surface area contributed by atoms with Gasteiger partial charge in [-0.05, 0) is 43.4 Å². The van der Waals surface area contributed by atoms with Gasteiger partial charge in [0.05, 0.1) is 17.6 Å². The van der Waals surface area contributed by atoms with Crippen molar-refractivity contribution in [3.8, 4) is 22.5 Å². The van der Waals surface area contributed by atoms with E-state index in [0.717, 1.165) is 53.4 Å². The molecule has 2 heterocycles. The molecule has 2 N–H and O–H groups in total. The first-order valence-corrected chi connectivity index (χ1v) is 11.6. The van der Waals surface area contributed by atoms with Gasteiger partial charge in [0.1, 0.15) is 0 Å². The van der Waals surface area contributed by atoms with Gasteiger partial charge < -0.3 is 10.6 Å². The Kier molecular flexibility index (Phi) is 5.58. The lowest BCUT2D eigenvalue weighted by atomic mass is 10.1. The largest absolute Gasteiger partial charge is 0.367 e. The molecule has 1 amide bonds. The predicted octanol–water partition coefficient (Wildman–Crippen LogP) is 5.33. The molecule has 1 aliphatic rings. The van der Waals surface area contributed by atoms with E-state index in [2.05, 4.69) is 47.9 Å². The number of rotatable bonds is 7. The van der Waals surface area contributed by atoms with E-state index in [4.69, 9.17) is 9.97 Å². The number of aromatic nitrogens is 3. The Morgan fingerprint density at radius 3 is 2.58 bits per heavy atom. The highest BCUT2D eigenvalue weighted by Gasteiger charge is 2.23. The molecule has 0 aliphatic heterocycles. The van der Waals surface area contributed by atoms with Crippen LogP contribution in [0.5, 0.6) is 0 Å². The van der Waals surface area contributed by atoms with Gasteiger partial charge in [-0.3, -0.25) is 9.20 Å². The molecule has 4 aromatic rings. The normalized spacial score (nSPS) is 13.5. The maximum atomic E-state index is 12.4. The summed E-state index contributed by atoms with van der Waals surface area (Å²) in [7, 11) is 0. The number of aryl methyl sites for hydroxylation is 1. The lowest BCUT2D eigenvalue weighted by Gasteiger charge is -2.13. The summed E-state index contributed by atoms with van der Waals surface area (Å²) >= 11 is 0. The van der Waals surface area contributed by atoms with Gasteiger partial charge in [-0.1, -0.05) is 50.2 Å². The van der Waals surface area contributed by atoms with Crippen LogP contribution in [-0.2, 0) is 0 Å². The van der Waals surface area contributed by atoms with E-state index in [1.807, 2.05) is 48.8 Å². The fraction of sp³-hybridized carbons (Fsp3) is 0.296. The molecule has 0 atom stereocenters. The molecule has 6 heteroatoms. The zero-order chi connectivity index (χ0) is 22.9. The van der Waals surface area contributed by atoms with Gasteiger partial charge in [-0.2, -0.15) is 0 Å². The fourth-order valence-corrected chi connectivity index (χ4v) is 3.90. The van der Waals surface area contributed by atoms with Crippen molar-refractivity contribution >= 4 is 17.4 Å². The summed E-state index contributed by atoms with van der Waals surface area (Å²) in [6, 6.07) is 16.4. The SMILES string of the molecule is Cc1ccccc1-c1cn2c(-c3ccc(C(=O)NC4CC4)cc3)cnc2c(NCC(C)C)n1. The molecule has 2 aromatic heterocycles. The molecule has 0 unspecified atom stereocenters. The fourth-order valence-electron chi connectivity index (χ4n) is 3.90. The quantitative estimate of drug-likeness (QED) is 0.408. The number of anilines is 1. The van der Waals surface area contributed by atoms with E-state index in [1.165, 1.54) is 5.56 Å². The van der Waals surface area contributed by atoms with Gasteiger partial charge in [0, 0.05) is 35.5 Å². The molecule has 5 rings (SSSR count). The third kappa shape index (κ3) is 4.46. The van der Waals surface area contributed by atoms with Crippen molar-refractivity contribution in [2.24, 2.45) is 5.92 Å². The number of amides is 1.